The lowest BCUT2D eigenvalue weighted by molar-refractivity contribution is -0.164. The fourth-order valence-corrected chi connectivity index (χ4v) is 3.76. The number of hydrogen-bond acceptors (Lipinski definition) is 10. The van der Waals surface area contributed by atoms with Crippen molar-refractivity contribution in [3.63, 3.8) is 0 Å². The molecule has 10 nitrogen and oxygen atoms in total. The van der Waals surface area contributed by atoms with E-state index < -0.39 is 23.8 Å². The molecule has 5 N–H and O–H groups in total. The van der Waals surface area contributed by atoms with Crippen molar-refractivity contribution in [3.05, 3.63) is 70.8 Å². The highest BCUT2D eigenvalue weighted by atomic mass is 16.6. The first-order valence-electron chi connectivity index (χ1n) is 11.5. The van der Waals surface area contributed by atoms with E-state index in [1.54, 1.807) is 25.1 Å². The minimum atomic E-state index is -1.31. The Morgan fingerprint density at radius 2 is 1.61 bits per heavy atom. The quantitative estimate of drug-likeness (QED) is 0.135. The molecule has 3 aromatic rings. The zero-order valence-electron chi connectivity index (χ0n) is 20.1. The molecule has 0 fully saturated rings. The second-order valence-corrected chi connectivity index (χ2v) is 8.27. The van der Waals surface area contributed by atoms with Gasteiger partial charge in [0.15, 0.2) is 34.5 Å². The van der Waals surface area contributed by atoms with E-state index in [1.165, 1.54) is 42.5 Å². The summed E-state index contributed by atoms with van der Waals surface area (Å²) in [6.07, 6.45) is 4.31. The normalized spacial score (nSPS) is 12.7. The molecule has 1 atom stereocenters. The molecule has 0 saturated heterocycles. The van der Waals surface area contributed by atoms with Crippen LogP contribution < -0.4 is 4.74 Å². The Morgan fingerprint density at radius 1 is 0.895 bits per heavy atom. The smallest absolute Gasteiger partial charge is 0.347 e. The predicted molar refractivity (Wildman–Crippen MR) is 136 cm³/mol. The van der Waals surface area contributed by atoms with Gasteiger partial charge in [-0.05, 0) is 54.5 Å². The van der Waals surface area contributed by atoms with Gasteiger partial charge in [0.2, 0.25) is 6.10 Å². The van der Waals surface area contributed by atoms with Crippen molar-refractivity contribution >= 4 is 30.2 Å². The Hall–Kier alpha value is -5.12. The number of benzene rings is 3. The van der Waals surface area contributed by atoms with Crippen LogP contribution in [0.15, 0.2) is 48.5 Å². The van der Waals surface area contributed by atoms with Crippen LogP contribution in [0.3, 0.4) is 0 Å². The fourth-order valence-electron chi connectivity index (χ4n) is 3.76. The lowest BCUT2D eigenvalue weighted by atomic mass is 10.0. The van der Waals surface area contributed by atoms with Crippen molar-refractivity contribution in [1.82, 2.24) is 0 Å². The number of phenols is 5. The van der Waals surface area contributed by atoms with Crippen LogP contribution in [-0.2, 0) is 25.5 Å². The minimum Gasteiger partial charge on any atom is -0.504 e. The largest absolute Gasteiger partial charge is 0.504 e. The maximum atomic E-state index is 12.6. The van der Waals surface area contributed by atoms with Crippen molar-refractivity contribution in [2.75, 3.05) is 6.61 Å². The molecule has 0 saturated carbocycles. The van der Waals surface area contributed by atoms with Crippen molar-refractivity contribution in [2.24, 2.45) is 0 Å². The van der Waals surface area contributed by atoms with Gasteiger partial charge in [-0.3, -0.25) is 0 Å². The van der Waals surface area contributed by atoms with Gasteiger partial charge in [-0.25, -0.2) is 9.59 Å². The first-order chi connectivity index (χ1) is 18.2. The van der Waals surface area contributed by atoms with E-state index in [1.807, 2.05) is 0 Å². The van der Waals surface area contributed by atoms with Gasteiger partial charge in [-0.15, -0.1) is 0 Å². The second-order valence-electron chi connectivity index (χ2n) is 8.27. The van der Waals surface area contributed by atoms with Crippen LogP contribution in [0.4, 0.5) is 0 Å². The number of carbonyl (C=O) groups excluding carboxylic acids is 2. The highest BCUT2D eigenvalue weighted by molar-refractivity contribution is 5.92. The van der Waals surface area contributed by atoms with Crippen LogP contribution in [0.25, 0.3) is 18.2 Å². The molecule has 196 valence electrons. The summed E-state index contributed by atoms with van der Waals surface area (Å²) in [6, 6.07) is 9.40. The molecule has 0 amide bonds. The Morgan fingerprint density at radius 3 is 2.34 bits per heavy atom. The standard InChI is InChI=1S/C28H24O10/c1-2-36-28(35)25(12-15-3-8-19(29)21(31)11-15)37-26(34)10-6-16-5-9-20(30)27-18(16)7-4-17-13-22(32)23(33)14-24(17)38-27/h3-11,13-14,25,29-33H,2,12H2,1H3/b10-6+/t25-/m1/s1. The molecule has 0 aliphatic carbocycles. The summed E-state index contributed by atoms with van der Waals surface area (Å²) in [5, 5.41) is 49.2. The SMILES string of the molecule is CCOC(=O)[C@@H](Cc1ccc(O)c(O)c1)OC(=O)/C=C/c1ccc(O)c2c1C=Cc1cc(O)c(O)cc1O2. The Labute approximate surface area is 216 Å². The first kappa shape index (κ1) is 26.0. The number of rotatable bonds is 7. The van der Waals surface area contributed by atoms with E-state index >= 15 is 0 Å². The van der Waals surface area contributed by atoms with Crippen LogP contribution in [0.5, 0.6) is 40.2 Å². The summed E-state index contributed by atoms with van der Waals surface area (Å²) in [5.74, 6) is -3.00. The van der Waals surface area contributed by atoms with Crippen LogP contribution in [0, 0.1) is 0 Å². The van der Waals surface area contributed by atoms with E-state index in [9.17, 15) is 35.1 Å². The fraction of sp³-hybridized carbons (Fsp3) is 0.143. The van der Waals surface area contributed by atoms with Gasteiger partial charge in [0, 0.05) is 29.7 Å². The molecule has 1 aliphatic heterocycles. The third-order valence-electron chi connectivity index (χ3n) is 5.63. The van der Waals surface area contributed by atoms with E-state index in [-0.39, 0.29) is 47.5 Å². The number of aromatic hydroxyl groups is 5. The summed E-state index contributed by atoms with van der Waals surface area (Å²) in [7, 11) is 0. The van der Waals surface area contributed by atoms with Gasteiger partial charge in [-0.1, -0.05) is 18.2 Å². The van der Waals surface area contributed by atoms with Crippen LogP contribution in [0.1, 0.15) is 29.2 Å². The minimum absolute atomic E-state index is 0.0630. The molecule has 0 unspecified atom stereocenters. The Balaban J connectivity index is 1.56. The molecule has 38 heavy (non-hydrogen) atoms. The molecular formula is C28H24O10. The van der Waals surface area contributed by atoms with Crippen LogP contribution in [0.2, 0.25) is 0 Å². The molecule has 1 heterocycles. The molecule has 4 rings (SSSR count). The van der Waals surface area contributed by atoms with Crippen molar-refractivity contribution in [3.8, 4) is 40.2 Å². The van der Waals surface area contributed by atoms with Gasteiger partial charge < -0.3 is 39.7 Å². The number of esters is 2. The summed E-state index contributed by atoms with van der Waals surface area (Å²) in [5.41, 5.74) is 1.75. The molecule has 0 aromatic heterocycles. The Kier molecular flexibility index (Phi) is 7.43. The van der Waals surface area contributed by atoms with Crippen LogP contribution in [-0.4, -0.2) is 50.2 Å². The van der Waals surface area contributed by atoms with Gasteiger partial charge >= 0.3 is 11.9 Å². The zero-order valence-corrected chi connectivity index (χ0v) is 20.1. The Bertz CT molecular complexity index is 1450. The third-order valence-corrected chi connectivity index (χ3v) is 5.63. The third kappa shape index (κ3) is 5.65. The maximum Gasteiger partial charge on any atom is 0.347 e. The van der Waals surface area contributed by atoms with Crippen LogP contribution >= 0.6 is 0 Å². The van der Waals surface area contributed by atoms with E-state index in [2.05, 4.69) is 0 Å². The lowest BCUT2D eigenvalue weighted by Gasteiger charge is -2.16. The average molecular weight is 520 g/mol. The zero-order chi connectivity index (χ0) is 27.4. The predicted octanol–water partition coefficient (Wildman–Crippen LogP) is 4.22. The van der Waals surface area contributed by atoms with Crippen molar-refractivity contribution < 1.29 is 49.3 Å². The van der Waals surface area contributed by atoms with Gasteiger partial charge in [-0.2, -0.15) is 0 Å². The van der Waals surface area contributed by atoms with Crippen molar-refractivity contribution in [1.29, 1.82) is 0 Å². The van der Waals surface area contributed by atoms with E-state index in [0.29, 0.717) is 22.3 Å². The van der Waals surface area contributed by atoms with Gasteiger partial charge in [0.05, 0.1) is 6.61 Å². The molecule has 10 heteroatoms. The summed E-state index contributed by atoms with van der Waals surface area (Å²) in [6.45, 7) is 1.67. The highest BCUT2D eigenvalue weighted by Gasteiger charge is 2.25. The molecule has 0 bridgehead atoms. The molecule has 1 aliphatic rings. The topological polar surface area (TPSA) is 163 Å². The molecule has 0 spiro atoms. The summed E-state index contributed by atoms with van der Waals surface area (Å²) < 4.78 is 16.1. The highest BCUT2D eigenvalue weighted by Crippen LogP contribution is 2.44. The molecule has 0 radical (unpaired) electrons. The molecular weight excluding hydrogens is 496 g/mol. The first-order valence-corrected chi connectivity index (χ1v) is 11.5. The van der Waals surface area contributed by atoms with Crippen molar-refractivity contribution in [2.45, 2.75) is 19.4 Å². The van der Waals surface area contributed by atoms with E-state index in [0.717, 1.165) is 6.08 Å². The number of phenolic OH excluding ortho intramolecular Hbond substituents is 5. The number of fused-ring (bicyclic) bond motifs is 2. The average Bonchev–Trinajstić information content (AvgIpc) is 3.06. The number of ether oxygens (including phenoxy) is 3. The second kappa shape index (κ2) is 10.9. The monoisotopic (exact) mass is 520 g/mol. The molecule has 3 aromatic carbocycles. The number of carbonyl (C=O) groups is 2. The maximum absolute atomic E-state index is 12.6. The van der Waals surface area contributed by atoms with E-state index in [4.69, 9.17) is 14.2 Å². The summed E-state index contributed by atoms with van der Waals surface area (Å²) >= 11 is 0. The van der Waals surface area contributed by atoms with Gasteiger partial charge in [0.1, 0.15) is 5.75 Å². The lowest BCUT2D eigenvalue weighted by Crippen LogP contribution is -2.30. The van der Waals surface area contributed by atoms with Gasteiger partial charge in [0.25, 0.3) is 0 Å². The summed E-state index contributed by atoms with van der Waals surface area (Å²) in [4.78, 5) is 25.1. The number of hydrogen-bond donors (Lipinski definition) is 5.